The van der Waals surface area contributed by atoms with Gasteiger partial charge in [0, 0.05) is 41.0 Å². The van der Waals surface area contributed by atoms with E-state index >= 15 is 0 Å². The Labute approximate surface area is 210 Å². The molecule has 0 atom stereocenters. The fourth-order valence-corrected chi connectivity index (χ4v) is 4.83. The Morgan fingerprint density at radius 2 is 1.81 bits per heavy atom. The van der Waals surface area contributed by atoms with Gasteiger partial charge in [0.05, 0.1) is 5.56 Å². The van der Waals surface area contributed by atoms with Gasteiger partial charge in [-0.25, -0.2) is 9.97 Å². The number of carbonyl (C=O) groups excluding carboxylic acids is 1. The third-order valence-corrected chi connectivity index (χ3v) is 6.62. The summed E-state index contributed by atoms with van der Waals surface area (Å²) in [7, 11) is 0. The zero-order chi connectivity index (χ0) is 25.3. The number of benzene rings is 1. The lowest BCUT2D eigenvalue weighted by Crippen LogP contribution is -2.40. The van der Waals surface area contributed by atoms with E-state index in [2.05, 4.69) is 25.6 Å². The van der Waals surface area contributed by atoms with Gasteiger partial charge in [-0.15, -0.1) is 0 Å². The molecule has 6 nitrogen and oxygen atoms in total. The van der Waals surface area contributed by atoms with Gasteiger partial charge in [-0.3, -0.25) is 4.79 Å². The number of halogens is 4. The van der Waals surface area contributed by atoms with Gasteiger partial charge in [0.2, 0.25) is 0 Å². The number of H-pyrrole nitrogens is 1. The third kappa shape index (κ3) is 5.31. The molecular formula is C26H23ClF3N5O. The summed E-state index contributed by atoms with van der Waals surface area (Å²) in [6.45, 7) is 0. The van der Waals surface area contributed by atoms with Crippen LogP contribution in [0.4, 0.5) is 19.0 Å². The molecule has 3 aromatic heterocycles. The number of fused-ring (bicyclic) bond motifs is 1. The van der Waals surface area contributed by atoms with Crippen LogP contribution in [0.25, 0.3) is 22.2 Å². The molecule has 0 unspecified atom stereocenters. The van der Waals surface area contributed by atoms with E-state index in [1.54, 1.807) is 6.20 Å². The molecule has 1 aliphatic carbocycles. The molecule has 10 heteroatoms. The molecule has 0 spiro atoms. The van der Waals surface area contributed by atoms with E-state index in [0.29, 0.717) is 23.8 Å². The minimum Gasteiger partial charge on any atom is -0.367 e. The summed E-state index contributed by atoms with van der Waals surface area (Å²) in [4.78, 5) is 24.4. The molecule has 3 heterocycles. The number of nitrogens with one attached hydrogen (secondary N) is 3. The van der Waals surface area contributed by atoms with E-state index in [1.807, 2.05) is 30.5 Å². The summed E-state index contributed by atoms with van der Waals surface area (Å²) in [6.07, 6.45) is 2.08. The Balaban J connectivity index is 1.21. The summed E-state index contributed by atoms with van der Waals surface area (Å²) < 4.78 is 38.9. The number of alkyl halides is 3. The number of rotatable bonds is 5. The number of aromatic nitrogens is 3. The largest absolute Gasteiger partial charge is 0.416 e. The van der Waals surface area contributed by atoms with Crippen LogP contribution in [0.1, 0.15) is 41.6 Å². The lowest BCUT2D eigenvalue weighted by molar-refractivity contribution is -0.137. The number of amides is 1. The normalized spacial score (nSPS) is 18.2. The van der Waals surface area contributed by atoms with Crippen LogP contribution < -0.4 is 10.6 Å². The molecule has 1 saturated carbocycles. The Hall–Kier alpha value is -3.59. The molecule has 3 N–H and O–H groups in total. The van der Waals surface area contributed by atoms with Gasteiger partial charge in [-0.1, -0.05) is 17.7 Å². The molecule has 1 aromatic carbocycles. The zero-order valence-electron chi connectivity index (χ0n) is 19.1. The SMILES string of the molecule is O=C(NC1CCC(Nc2cc(-c3c[nH]c4ncccc34)cc(Cl)n2)CC1)c1cccc(C(F)(F)F)c1. The average molecular weight is 514 g/mol. The smallest absolute Gasteiger partial charge is 0.367 e. The molecule has 1 amide bonds. The van der Waals surface area contributed by atoms with Crippen molar-refractivity contribution in [1.82, 2.24) is 20.3 Å². The summed E-state index contributed by atoms with van der Waals surface area (Å²) in [6, 6.07) is 12.1. The topological polar surface area (TPSA) is 82.7 Å². The molecule has 0 saturated heterocycles. The van der Waals surface area contributed by atoms with Gasteiger partial charge in [-0.2, -0.15) is 13.2 Å². The van der Waals surface area contributed by atoms with Gasteiger partial charge in [0.15, 0.2) is 0 Å². The number of pyridine rings is 2. The van der Waals surface area contributed by atoms with Crippen molar-refractivity contribution in [2.24, 2.45) is 0 Å². The molecule has 5 rings (SSSR count). The quantitative estimate of drug-likeness (QED) is 0.268. The van der Waals surface area contributed by atoms with E-state index in [1.165, 1.54) is 12.1 Å². The second-order valence-corrected chi connectivity index (χ2v) is 9.30. The third-order valence-electron chi connectivity index (χ3n) is 6.42. The Morgan fingerprint density at radius 3 is 2.58 bits per heavy atom. The standard InChI is InChI=1S/C26H23ClF3N5O/c27-22-12-16(21-14-32-24-20(21)5-2-10-31-24)13-23(35-22)33-18-6-8-19(9-7-18)34-25(36)15-3-1-4-17(11-15)26(28,29)30/h1-5,10-14,18-19H,6-9H2,(H,31,32)(H,33,35)(H,34,36). The summed E-state index contributed by atoms with van der Waals surface area (Å²) >= 11 is 6.32. The molecule has 1 aliphatic rings. The predicted octanol–water partition coefficient (Wildman–Crippen LogP) is 6.45. The fraction of sp³-hybridized carbons (Fsp3) is 0.269. The maximum Gasteiger partial charge on any atom is 0.416 e. The maximum absolute atomic E-state index is 13.0. The average Bonchev–Trinajstić information content (AvgIpc) is 3.29. The molecule has 1 fully saturated rings. The number of anilines is 1. The van der Waals surface area contributed by atoms with Gasteiger partial charge >= 0.3 is 6.18 Å². The summed E-state index contributed by atoms with van der Waals surface area (Å²) in [5, 5.41) is 7.67. The number of hydrogen-bond donors (Lipinski definition) is 3. The second-order valence-electron chi connectivity index (χ2n) is 8.91. The molecule has 0 radical (unpaired) electrons. The van der Waals surface area contributed by atoms with Crippen molar-refractivity contribution in [3.63, 3.8) is 0 Å². The highest BCUT2D eigenvalue weighted by atomic mass is 35.5. The van der Waals surface area contributed by atoms with Crippen molar-refractivity contribution in [3.8, 4) is 11.1 Å². The molecule has 4 aromatic rings. The number of aromatic amines is 1. The van der Waals surface area contributed by atoms with Gasteiger partial charge in [0.25, 0.3) is 5.91 Å². The van der Waals surface area contributed by atoms with Gasteiger partial charge < -0.3 is 15.6 Å². The van der Waals surface area contributed by atoms with Crippen LogP contribution in [-0.4, -0.2) is 32.9 Å². The number of nitrogens with zero attached hydrogens (tertiary/aromatic N) is 2. The van der Waals surface area contributed by atoms with Gasteiger partial charge in [0.1, 0.15) is 16.6 Å². The molecular weight excluding hydrogens is 491 g/mol. The van der Waals surface area contributed by atoms with Crippen molar-refractivity contribution in [1.29, 1.82) is 0 Å². The predicted molar refractivity (Wildman–Crippen MR) is 133 cm³/mol. The maximum atomic E-state index is 13.0. The van der Waals surface area contributed by atoms with Crippen molar-refractivity contribution in [2.75, 3.05) is 5.32 Å². The highest BCUT2D eigenvalue weighted by Gasteiger charge is 2.31. The molecule has 0 aliphatic heterocycles. The Morgan fingerprint density at radius 1 is 1.03 bits per heavy atom. The lowest BCUT2D eigenvalue weighted by atomic mass is 9.91. The highest BCUT2D eigenvalue weighted by Crippen LogP contribution is 2.32. The first kappa shape index (κ1) is 24.1. The van der Waals surface area contributed by atoms with Crippen LogP contribution in [0.5, 0.6) is 0 Å². The van der Waals surface area contributed by atoms with Crippen LogP contribution in [0.15, 0.2) is 60.9 Å². The van der Waals surface area contributed by atoms with Crippen LogP contribution in [-0.2, 0) is 6.18 Å². The highest BCUT2D eigenvalue weighted by molar-refractivity contribution is 6.29. The first-order valence-corrected chi connectivity index (χ1v) is 12.0. The van der Waals surface area contributed by atoms with E-state index in [-0.39, 0.29) is 17.6 Å². The fourth-order valence-electron chi connectivity index (χ4n) is 4.62. The first-order valence-electron chi connectivity index (χ1n) is 11.6. The molecule has 186 valence electrons. The van der Waals surface area contributed by atoms with Crippen LogP contribution in [0.3, 0.4) is 0 Å². The van der Waals surface area contributed by atoms with Crippen LogP contribution in [0, 0.1) is 0 Å². The van der Waals surface area contributed by atoms with E-state index in [0.717, 1.165) is 47.1 Å². The minimum atomic E-state index is -4.49. The summed E-state index contributed by atoms with van der Waals surface area (Å²) in [5.41, 5.74) is 1.86. The van der Waals surface area contributed by atoms with Crippen molar-refractivity contribution in [2.45, 2.75) is 43.9 Å². The second kappa shape index (κ2) is 9.81. The van der Waals surface area contributed by atoms with Crippen molar-refractivity contribution < 1.29 is 18.0 Å². The zero-order valence-corrected chi connectivity index (χ0v) is 19.8. The monoisotopic (exact) mass is 513 g/mol. The summed E-state index contributed by atoms with van der Waals surface area (Å²) in [5.74, 6) is 0.166. The van der Waals surface area contributed by atoms with Crippen molar-refractivity contribution in [3.05, 3.63) is 77.2 Å². The molecule has 36 heavy (non-hydrogen) atoms. The van der Waals surface area contributed by atoms with Crippen LogP contribution >= 0.6 is 11.6 Å². The lowest BCUT2D eigenvalue weighted by Gasteiger charge is -2.30. The van der Waals surface area contributed by atoms with Crippen LogP contribution in [0.2, 0.25) is 5.15 Å². The van der Waals surface area contributed by atoms with Crippen molar-refractivity contribution >= 4 is 34.4 Å². The minimum absolute atomic E-state index is 0.00760. The molecule has 0 bridgehead atoms. The van der Waals surface area contributed by atoms with Gasteiger partial charge in [-0.05, 0) is 73.7 Å². The number of carbonyl (C=O) groups is 1. The van der Waals surface area contributed by atoms with E-state index < -0.39 is 17.6 Å². The Kier molecular flexibility index (Phi) is 6.57. The number of hydrogen-bond acceptors (Lipinski definition) is 4. The van der Waals surface area contributed by atoms with E-state index in [4.69, 9.17) is 11.6 Å². The first-order chi connectivity index (χ1) is 17.3. The van der Waals surface area contributed by atoms with E-state index in [9.17, 15) is 18.0 Å². The Bertz CT molecular complexity index is 1400.